The summed E-state index contributed by atoms with van der Waals surface area (Å²) in [6.45, 7) is 1.89. The van der Waals surface area contributed by atoms with E-state index in [2.05, 4.69) is 4.98 Å². The molecule has 1 aromatic heterocycles. The Balaban J connectivity index is 2.92. The lowest BCUT2D eigenvalue weighted by Crippen LogP contribution is -1.72. The van der Waals surface area contributed by atoms with Crippen molar-refractivity contribution in [1.82, 2.24) is 4.98 Å². The summed E-state index contributed by atoms with van der Waals surface area (Å²) >= 11 is 0. The van der Waals surface area contributed by atoms with Crippen molar-refractivity contribution in [3.63, 3.8) is 0 Å². The molecule has 1 heterocycles. The van der Waals surface area contributed by atoms with Crippen LogP contribution >= 0.6 is 0 Å². The van der Waals surface area contributed by atoms with Gasteiger partial charge in [0.1, 0.15) is 0 Å². The van der Waals surface area contributed by atoms with Gasteiger partial charge < -0.3 is 9.52 Å². The Hall–Kier alpha value is -0.990. The number of hydrogen-bond acceptors (Lipinski definition) is 3. The second kappa shape index (κ2) is 1.86. The summed E-state index contributed by atoms with van der Waals surface area (Å²) in [6, 6.07) is 0. The van der Waals surface area contributed by atoms with E-state index >= 15 is 0 Å². The second-order valence-electron chi connectivity index (χ2n) is 1.45. The third kappa shape index (κ3) is 0.665. The molecule has 0 unspecified atom stereocenters. The average Bonchev–Trinajstić information content (AvgIpc) is 2.14. The fourth-order valence-electron chi connectivity index (χ4n) is 0.506. The van der Waals surface area contributed by atoms with Crippen LogP contribution in [0.5, 0.6) is 5.88 Å². The van der Waals surface area contributed by atoms with Crippen molar-refractivity contribution in [1.29, 1.82) is 0 Å². The van der Waals surface area contributed by atoms with Gasteiger partial charge in [-0.2, -0.15) is 4.98 Å². The Morgan fingerprint density at radius 3 is 2.88 bits per heavy atom. The van der Waals surface area contributed by atoms with Crippen LogP contribution in [0.2, 0.25) is 0 Å². The first-order valence-corrected chi connectivity index (χ1v) is 2.46. The first-order chi connectivity index (χ1) is 3.84. The lowest BCUT2D eigenvalue weighted by molar-refractivity contribution is 0.428. The summed E-state index contributed by atoms with van der Waals surface area (Å²) in [5, 5.41) is 8.75. The summed E-state index contributed by atoms with van der Waals surface area (Å²) in [5.41, 5.74) is 0. The van der Waals surface area contributed by atoms with Gasteiger partial charge in [-0.1, -0.05) is 6.92 Å². The smallest absolute Gasteiger partial charge is 0.253 e. The molecule has 44 valence electrons. The van der Waals surface area contributed by atoms with Gasteiger partial charge in [-0.3, -0.25) is 0 Å². The van der Waals surface area contributed by atoms with E-state index in [1.54, 1.807) is 0 Å². The molecule has 3 nitrogen and oxygen atoms in total. The van der Waals surface area contributed by atoms with Crippen LogP contribution in [0.4, 0.5) is 0 Å². The summed E-state index contributed by atoms with van der Waals surface area (Å²) in [4.78, 5) is 3.48. The molecular weight excluding hydrogens is 106 g/mol. The maximum Gasteiger partial charge on any atom is 0.253 e. The van der Waals surface area contributed by atoms with Crippen LogP contribution in [0, 0.1) is 0 Å². The fraction of sp³-hybridized carbons (Fsp3) is 0.400. The molecule has 0 radical (unpaired) electrons. The van der Waals surface area contributed by atoms with Crippen LogP contribution in [0.15, 0.2) is 10.8 Å². The number of aromatic hydroxyl groups is 1. The minimum absolute atomic E-state index is 0.00694. The second-order valence-corrected chi connectivity index (χ2v) is 1.45. The average molecular weight is 113 g/mol. The summed E-state index contributed by atoms with van der Waals surface area (Å²) < 4.78 is 4.75. The summed E-state index contributed by atoms with van der Waals surface area (Å²) in [6.07, 6.45) is 1.92. The van der Waals surface area contributed by atoms with Crippen molar-refractivity contribution in [2.24, 2.45) is 0 Å². The van der Waals surface area contributed by atoms with Crippen molar-refractivity contribution in [2.45, 2.75) is 13.3 Å². The molecule has 0 saturated carbocycles. The van der Waals surface area contributed by atoms with Crippen LogP contribution in [0.25, 0.3) is 0 Å². The van der Waals surface area contributed by atoms with E-state index in [0.29, 0.717) is 12.2 Å². The molecule has 0 aromatic carbocycles. The van der Waals surface area contributed by atoms with E-state index in [4.69, 9.17) is 9.52 Å². The monoisotopic (exact) mass is 113 g/mol. The van der Waals surface area contributed by atoms with Gasteiger partial charge in [0.15, 0.2) is 12.2 Å². The zero-order valence-electron chi connectivity index (χ0n) is 4.59. The van der Waals surface area contributed by atoms with Gasteiger partial charge in [-0.05, 0) is 0 Å². The quantitative estimate of drug-likeness (QED) is 0.589. The lowest BCUT2D eigenvalue weighted by atomic mass is 10.4. The third-order valence-corrected chi connectivity index (χ3v) is 0.940. The van der Waals surface area contributed by atoms with Crippen LogP contribution in [0.3, 0.4) is 0 Å². The zero-order valence-corrected chi connectivity index (χ0v) is 4.59. The van der Waals surface area contributed by atoms with Crippen LogP contribution in [-0.4, -0.2) is 10.1 Å². The van der Waals surface area contributed by atoms with Crippen LogP contribution in [-0.2, 0) is 6.42 Å². The number of nitrogens with zero attached hydrogens (tertiary/aromatic N) is 1. The minimum atomic E-state index is 0.00694. The van der Waals surface area contributed by atoms with E-state index in [1.807, 2.05) is 6.92 Å². The number of aryl methyl sites for hydroxylation is 1. The molecule has 0 aliphatic carbocycles. The molecule has 1 rings (SSSR count). The number of oxazole rings is 1. The maximum absolute atomic E-state index is 8.75. The van der Waals surface area contributed by atoms with E-state index < -0.39 is 0 Å². The van der Waals surface area contributed by atoms with Crippen molar-refractivity contribution in [2.75, 3.05) is 0 Å². The topological polar surface area (TPSA) is 46.3 Å². The predicted molar refractivity (Wildman–Crippen MR) is 27.5 cm³/mol. The Kier molecular flexibility index (Phi) is 1.20. The van der Waals surface area contributed by atoms with E-state index in [0.717, 1.165) is 0 Å². The largest absolute Gasteiger partial charge is 0.491 e. The van der Waals surface area contributed by atoms with Crippen molar-refractivity contribution in [3.05, 3.63) is 12.2 Å². The maximum atomic E-state index is 8.75. The molecule has 8 heavy (non-hydrogen) atoms. The molecule has 1 aromatic rings. The van der Waals surface area contributed by atoms with Gasteiger partial charge >= 0.3 is 0 Å². The van der Waals surface area contributed by atoms with Crippen molar-refractivity contribution < 1.29 is 9.52 Å². The van der Waals surface area contributed by atoms with E-state index in [9.17, 15) is 0 Å². The standard InChI is InChI=1S/C5H7NO2/c1-2-4-5(7)6-3-8-4/h3,7H,2H2,1H3. The predicted octanol–water partition coefficient (Wildman–Crippen LogP) is 0.943. The molecule has 0 spiro atoms. The molecule has 1 N–H and O–H groups in total. The van der Waals surface area contributed by atoms with Gasteiger partial charge in [0.2, 0.25) is 0 Å². The van der Waals surface area contributed by atoms with Gasteiger partial charge in [-0.25, -0.2) is 0 Å². The molecule has 0 aliphatic rings. The molecule has 0 fully saturated rings. The molecule has 0 saturated heterocycles. The third-order valence-electron chi connectivity index (χ3n) is 0.940. The lowest BCUT2D eigenvalue weighted by Gasteiger charge is -1.83. The fourth-order valence-corrected chi connectivity index (χ4v) is 0.506. The van der Waals surface area contributed by atoms with E-state index in [-0.39, 0.29) is 5.88 Å². The Morgan fingerprint density at radius 2 is 2.62 bits per heavy atom. The first-order valence-electron chi connectivity index (χ1n) is 2.46. The highest BCUT2D eigenvalue weighted by Crippen LogP contribution is 2.12. The summed E-state index contributed by atoms with van der Waals surface area (Å²) in [7, 11) is 0. The molecule has 0 amide bonds. The molecule has 0 atom stereocenters. The number of rotatable bonds is 1. The van der Waals surface area contributed by atoms with Crippen molar-refractivity contribution in [3.8, 4) is 5.88 Å². The number of hydrogen-bond donors (Lipinski definition) is 1. The normalized spacial score (nSPS) is 9.62. The minimum Gasteiger partial charge on any atom is -0.491 e. The van der Waals surface area contributed by atoms with E-state index in [1.165, 1.54) is 6.39 Å². The molecular formula is C5H7NO2. The number of aromatic nitrogens is 1. The van der Waals surface area contributed by atoms with Gasteiger partial charge in [-0.15, -0.1) is 0 Å². The van der Waals surface area contributed by atoms with Gasteiger partial charge in [0, 0.05) is 6.42 Å². The highest BCUT2D eigenvalue weighted by Gasteiger charge is 2.00. The molecule has 0 bridgehead atoms. The highest BCUT2D eigenvalue weighted by atomic mass is 16.4. The summed E-state index contributed by atoms with van der Waals surface area (Å²) in [5.74, 6) is 0.553. The van der Waals surface area contributed by atoms with Gasteiger partial charge in [0.05, 0.1) is 0 Å². The highest BCUT2D eigenvalue weighted by molar-refractivity contribution is 5.10. The first kappa shape index (κ1) is 5.15. The Labute approximate surface area is 47.0 Å². The molecule has 0 aliphatic heterocycles. The van der Waals surface area contributed by atoms with Crippen LogP contribution < -0.4 is 0 Å². The SMILES string of the molecule is CCc1ocnc1O. The van der Waals surface area contributed by atoms with Crippen LogP contribution in [0.1, 0.15) is 12.7 Å². The molecule has 3 heteroatoms. The Bertz CT molecular complexity index is 171. The van der Waals surface area contributed by atoms with Crippen molar-refractivity contribution >= 4 is 0 Å². The zero-order chi connectivity index (χ0) is 5.98. The Morgan fingerprint density at radius 1 is 1.88 bits per heavy atom. The van der Waals surface area contributed by atoms with Gasteiger partial charge in [0.25, 0.3) is 5.88 Å².